The topological polar surface area (TPSA) is 78.5 Å². The van der Waals surface area contributed by atoms with Crippen molar-refractivity contribution in [2.75, 3.05) is 20.1 Å². The molecular formula is C16H25N3O3S. The van der Waals surface area contributed by atoms with Crippen LogP contribution in [0, 0.1) is 11.8 Å². The van der Waals surface area contributed by atoms with Crippen LogP contribution in [0.15, 0.2) is 29.2 Å². The fourth-order valence-electron chi connectivity index (χ4n) is 3.02. The van der Waals surface area contributed by atoms with Gasteiger partial charge in [0.15, 0.2) is 0 Å². The Balaban J connectivity index is 1.92. The Bertz CT molecular complexity index is 633. The van der Waals surface area contributed by atoms with Crippen molar-refractivity contribution in [2.45, 2.75) is 31.7 Å². The fraction of sp³-hybridized carbons (Fsp3) is 0.562. The van der Waals surface area contributed by atoms with Gasteiger partial charge in [0, 0.05) is 19.6 Å². The van der Waals surface area contributed by atoms with Crippen molar-refractivity contribution in [1.82, 2.24) is 14.9 Å². The van der Waals surface area contributed by atoms with Crippen LogP contribution < -0.4 is 10.0 Å². The van der Waals surface area contributed by atoms with Gasteiger partial charge in [0.25, 0.3) is 0 Å². The number of nitrogens with one attached hydrogen (secondary N) is 2. The average Bonchev–Trinajstić information content (AvgIpc) is 2.52. The Morgan fingerprint density at radius 3 is 2.26 bits per heavy atom. The van der Waals surface area contributed by atoms with Gasteiger partial charge in [-0.2, -0.15) is 0 Å². The summed E-state index contributed by atoms with van der Waals surface area (Å²) in [6, 6.07) is 6.45. The molecule has 2 unspecified atom stereocenters. The maximum absolute atomic E-state index is 12.2. The smallest absolute Gasteiger partial charge is 0.317 e. The fourth-order valence-corrected chi connectivity index (χ4v) is 3.75. The molecule has 6 nitrogen and oxygen atoms in total. The minimum absolute atomic E-state index is 0.0599. The van der Waals surface area contributed by atoms with E-state index in [0.717, 1.165) is 25.1 Å². The van der Waals surface area contributed by atoms with Crippen LogP contribution in [-0.4, -0.2) is 39.5 Å². The molecule has 0 aromatic heterocycles. The Labute approximate surface area is 138 Å². The highest BCUT2D eigenvalue weighted by molar-refractivity contribution is 7.89. The van der Waals surface area contributed by atoms with E-state index >= 15 is 0 Å². The number of carbonyl (C=O) groups is 1. The predicted molar refractivity (Wildman–Crippen MR) is 89.4 cm³/mol. The summed E-state index contributed by atoms with van der Waals surface area (Å²) in [5.41, 5.74) is 0.867. The number of carbonyl (C=O) groups excluding carboxylic acids is 1. The third-order valence-corrected chi connectivity index (χ3v) is 5.53. The molecule has 7 heteroatoms. The zero-order chi connectivity index (χ0) is 17.0. The van der Waals surface area contributed by atoms with E-state index in [1.54, 1.807) is 24.3 Å². The number of rotatable bonds is 4. The molecule has 1 aliphatic rings. The second-order valence-corrected chi connectivity index (χ2v) is 8.25. The van der Waals surface area contributed by atoms with E-state index in [2.05, 4.69) is 23.9 Å². The van der Waals surface area contributed by atoms with E-state index < -0.39 is 10.0 Å². The van der Waals surface area contributed by atoms with Crippen LogP contribution in [0.4, 0.5) is 4.79 Å². The Kier molecular flexibility index (Phi) is 5.64. The molecule has 2 amide bonds. The van der Waals surface area contributed by atoms with Crippen LogP contribution in [0.2, 0.25) is 0 Å². The standard InChI is InChI=1S/C16H25N3O3S/c1-12-8-13(2)11-19(10-12)16(20)18-9-14-4-6-15(7-5-14)23(21,22)17-3/h4-7,12-13,17H,8-11H2,1-3H3,(H,18,20). The molecule has 1 aromatic carbocycles. The van der Waals surface area contributed by atoms with Gasteiger partial charge in [0.1, 0.15) is 0 Å². The monoisotopic (exact) mass is 339 g/mol. The number of piperidine rings is 1. The van der Waals surface area contributed by atoms with Crippen molar-refractivity contribution < 1.29 is 13.2 Å². The molecule has 0 aliphatic carbocycles. The van der Waals surface area contributed by atoms with Gasteiger partial charge in [-0.3, -0.25) is 0 Å². The molecule has 2 atom stereocenters. The molecule has 1 heterocycles. The second-order valence-electron chi connectivity index (χ2n) is 6.36. The molecule has 1 aliphatic heterocycles. The molecule has 1 aromatic rings. The summed E-state index contributed by atoms with van der Waals surface area (Å²) >= 11 is 0. The van der Waals surface area contributed by atoms with Crippen molar-refractivity contribution in [1.29, 1.82) is 0 Å². The van der Waals surface area contributed by atoms with Gasteiger partial charge in [-0.1, -0.05) is 26.0 Å². The quantitative estimate of drug-likeness (QED) is 0.878. The predicted octanol–water partition coefficient (Wildman–Crippen LogP) is 1.78. The number of benzene rings is 1. The van der Waals surface area contributed by atoms with Crippen LogP contribution >= 0.6 is 0 Å². The van der Waals surface area contributed by atoms with Gasteiger partial charge in [0.2, 0.25) is 10.0 Å². The van der Waals surface area contributed by atoms with Gasteiger partial charge < -0.3 is 10.2 Å². The lowest BCUT2D eigenvalue weighted by Crippen LogP contribution is -2.47. The average molecular weight is 339 g/mol. The van der Waals surface area contributed by atoms with Crippen molar-refractivity contribution in [3.8, 4) is 0 Å². The van der Waals surface area contributed by atoms with Crippen LogP contribution in [-0.2, 0) is 16.6 Å². The molecule has 0 saturated carbocycles. The van der Waals surface area contributed by atoms with Crippen molar-refractivity contribution >= 4 is 16.1 Å². The van der Waals surface area contributed by atoms with Gasteiger partial charge in [-0.05, 0) is 43.0 Å². The minimum atomic E-state index is -3.42. The Hall–Kier alpha value is -1.60. The molecule has 0 bridgehead atoms. The summed E-state index contributed by atoms with van der Waals surface area (Å²) in [6.45, 7) is 6.29. The molecule has 128 valence electrons. The number of hydrogen-bond donors (Lipinski definition) is 2. The summed E-state index contributed by atoms with van der Waals surface area (Å²) < 4.78 is 25.6. The highest BCUT2D eigenvalue weighted by atomic mass is 32.2. The van der Waals surface area contributed by atoms with Crippen LogP contribution in [0.3, 0.4) is 0 Å². The van der Waals surface area contributed by atoms with Crippen molar-refractivity contribution in [3.05, 3.63) is 29.8 Å². The zero-order valence-electron chi connectivity index (χ0n) is 13.9. The summed E-state index contributed by atoms with van der Waals surface area (Å²) in [5.74, 6) is 1.05. The maximum atomic E-state index is 12.2. The largest absolute Gasteiger partial charge is 0.334 e. The second kappa shape index (κ2) is 7.31. The van der Waals surface area contributed by atoms with E-state index in [1.807, 2.05) is 4.90 Å². The van der Waals surface area contributed by atoms with Gasteiger partial charge >= 0.3 is 6.03 Å². The molecule has 1 fully saturated rings. The lowest BCUT2D eigenvalue weighted by molar-refractivity contribution is 0.146. The van der Waals surface area contributed by atoms with Crippen molar-refractivity contribution in [2.24, 2.45) is 11.8 Å². The van der Waals surface area contributed by atoms with Crippen molar-refractivity contribution in [3.63, 3.8) is 0 Å². The van der Waals surface area contributed by atoms with Crippen LogP contribution in [0.1, 0.15) is 25.8 Å². The molecule has 0 spiro atoms. The van der Waals surface area contributed by atoms with Gasteiger partial charge in [0.05, 0.1) is 4.90 Å². The molecule has 0 radical (unpaired) electrons. The molecule has 23 heavy (non-hydrogen) atoms. The third-order valence-electron chi connectivity index (χ3n) is 4.10. The normalized spacial score (nSPS) is 22.0. The molecular weight excluding hydrogens is 314 g/mol. The van der Waals surface area contributed by atoms with Gasteiger partial charge in [-0.25, -0.2) is 17.9 Å². The number of likely N-dealkylation sites (tertiary alicyclic amines) is 1. The Morgan fingerprint density at radius 2 is 1.74 bits per heavy atom. The summed E-state index contributed by atoms with van der Waals surface area (Å²) in [7, 11) is -2.04. The highest BCUT2D eigenvalue weighted by Crippen LogP contribution is 2.20. The van der Waals surface area contributed by atoms with E-state index in [4.69, 9.17) is 0 Å². The van der Waals surface area contributed by atoms with E-state index in [1.165, 1.54) is 7.05 Å². The maximum Gasteiger partial charge on any atom is 0.317 e. The summed E-state index contributed by atoms with van der Waals surface area (Å²) in [5, 5.41) is 2.90. The van der Waals surface area contributed by atoms with E-state index in [0.29, 0.717) is 18.4 Å². The number of hydrogen-bond acceptors (Lipinski definition) is 3. The van der Waals surface area contributed by atoms with E-state index in [-0.39, 0.29) is 10.9 Å². The molecule has 2 rings (SSSR count). The minimum Gasteiger partial charge on any atom is -0.334 e. The van der Waals surface area contributed by atoms with Crippen LogP contribution in [0.25, 0.3) is 0 Å². The summed E-state index contributed by atoms with van der Waals surface area (Å²) in [4.78, 5) is 14.3. The SMILES string of the molecule is CNS(=O)(=O)c1ccc(CNC(=O)N2CC(C)CC(C)C2)cc1. The van der Waals surface area contributed by atoms with E-state index in [9.17, 15) is 13.2 Å². The molecule has 1 saturated heterocycles. The number of nitrogens with zero attached hydrogens (tertiary/aromatic N) is 1. The summed E-state index contributed by atoms with van der Waals surface area (Å²) in [6.07, 6.45) is 1.16. The lowest BCUT2D eigenvalue weighted by Gasteiger charge is -2.34. The first-order valence-corrected chi connectivity index (χ1v) is 9.35. The van der Waals surface area contributed by atoms with Crippen LogP contribution in [0.5, 0.6) is 0 Å². The number of amides is 2. The number of urea groups is 1. The first-order valence-electron chi connectivity index (χ1n) is 7.87. The van der Waals surface area contributed by atoms with Gasteiger partial charge in [-0.15, -0.1) is 0 Å². The Morgan fingerprint density at radius 1 is 1.17 bits per heavy atom. The first kappa shape index (κ1) is 17.7. The highest BCUT2D eigenvalue weighted by Gasteiger charge is 2.25. The number of sulfonamides is 1. The zero-order valence-corrected chi connectivity index (χ0v) is 14.7. The first-order chi connectivity index (χ1) is 10.8. The third kappa shape index (κ3) is 4.68. The molecule has 2 N–H and O–H groups in total. The lowest BCUT2D eigenvalue weighted by atomic mass is 9.92.